The number of anilines is 1. The van der Waals surface area contributed by atoms with Crippen molar-refractivity contribution in [3.8, 4) is 0 Å². The van der Waals surface area contributed by atoms with E-state index in [1.54, 1.807) is 6.07 Å². The summed E-state index contributed by atoms with van der Waals surface area (Å²) in [6, 6.07) is 3.65. The van der Waals surface area contributed by atoms with Crippen LogP contribution in [0, 0.1) is 5.82 Å². The maximum Gasteiger partial charge on any atom is 0.254 e. The number of rotatable bonds is 3. The molecule has 0 aliphatic carbocycles. The van der Waals surface area contributed by atoms with Gasteiger partial charge in [0.15, 0.2) is 0 Å². The van der Waals surface area contributed by atoms with Crippen molar-refractivity contribution in [3.05, 3.63) is 29.6 Å². The third kappa shape index (κ3) is 3.53. The number of piperazine rings is 1. The van der Waals surface area contributed by atoms with Gasteiger partial charge in [-0.3, -0.25) is 19.7 Å². The van der Waals surface area contributed by atoms with Crippen molar-refractivity contribution in [3.63, 3.8) is 0 Å². The lowest BCUT2D eigenvalue weighted by Gasteiger charge is -2.29. The van der Waals surface area contributed by atoms with Gasteiger partial charge in [0.05, 0.1) is 5.56 Å². The second-order valence-corrected chi connectivity index (χ2v) is 5.88. The highest BCUT2D eigenvalue weighted by atomic mass is 19.1. The Hall–Kier alpha value is -2.48. The van der Waals surface area contributed by atoms with E-state index in [2.05, 4.69) is 16.0 Å². The summed E-state index contributed by atoms with van der Waals surface area (Å²) >= 11 is 0. The zero-order chi connectivity index (χ0) is 17.1. The summed E-state index contributed by atoms with van der Waals surface area (Å²) in [6.45, 7) is 3.22. The SMILES string of the molecule is O=C1CC[C@@H](NC(=O)c2ccc(N3CCNCC3)cc2F)C(=O)N1. The minimum atomic E-state index is -0.817. The number of halogens is 1. The Labute approximate surface area is 138 Å². The van der Waals surface area contributed by atoms with Crippen LogP contribution in [0.4, 0.5) is 10.1 Å². The van der Waals surface area contributed by atoms with Crippen molar-refractivity contribution in [2.24, 2.45) is 0 Å². The van der Waals surface area contributed by atoms with Crippen molar-refractivity contribution in [2.75, 3.05) is 31.1 Å². The van der Waals surface area contributed by atoms with Crippen LogP contribution in [0.25, 0.3) is 0 Å². The number of carbonyl (C=O) groups is 3. The summed E-state index contributed by atoms with van der Waals surface area (Å²) < 4.78 is 14.3. The number of hydrogen-bond acceptors (Lipinski definition) is 5. The van der Waals surface area contributed by atoms with E-state index in [0.29, 0.717) is 0 Å². The molecule has 7 nitrogen and oxygen atoms in total. The largest absolute Gasteiger partial charge is 0.369 e. The lowest BCUT2D eigenvalue weighted by molar-refractivity contribution is -0.134. The van der Waals surface area contributed by atoms with E-state index in [0.717, 1.165) is 31.9 Å². The van der Waals surface area contributed by atoms with E-state index in [-0.39, 0.29) is 24.3 Å². The van der Waals surface area contributed by atoms with Gasteiger partial charge in [-0.1, -0.05) is 0 Å². The molecule has 2 saturated heterocycles. The van der Waals surface area contributed by atoms with Gasteiger partial charge in [0.25, 0.3) is 5.91 Å². The lowest BCUT2D eigenvalue weighted by Crippen LogP contribution is -2.52. The molecule has 0 radical (unpaired) electrons. The Morgan fingerprint density at radius 1 is 1.25 bits per heavy atom. The lowest BCUT2D eigenvalue weighted by atomic mass is 10.1. The van der Waals surface area contributed by atoms with E-state index >= 15 is 0 Å². The van der Waals surface area contributed by atoms with Crippen molar-refractivity contribution in [1.82, 2.24) is 16.0 Å². The predicted octanol–water partition coefficient (Wildman–Crippen LogP) is -0.230. The van der Waals surface area contributed by atoms with Gasteiger partial charge < -0.3 is 15.5 Å². The quantitative estimate of drug-likeness (QED) is 0.665. The van der Waals surface area contributed by atoms with Crippen molar-refractivity contribution < 1.29 is 18.8 Å². The number of nitrogens with zero attached hydrogens (tertiary/aromatic N) is 1. The molecular formula is C16H19FN4O3. The maximum atomic E-state index is 14.3. The molecule has 2 heterocycles. The van der Waals surface area contributed by atoms with Crippen LogP contribution in [0.1, 0.15) is 23.2 Å². The third-order valence-electron chi connectivity index (χ3n) is 4.22. The number of carbonyl (C=O) groups excluding carboxylic acids is 3. The number of amides is 3. The summed E-state index contributed by atoms with van der Waals surface area (Å²) in [5.74, 6) is -2.21. The van der Waals surface area contributed by atoms with Crippen LogP contribution in [0.3, 0.4) is 0 Å². The summed E-state index contributed by atoms with van der Waals surface area (Å²) in [6.07, 6.45) is 0.373. The van der Waals surface area contributed by atoms with Crippen LogP contribution in [-0.2, 0) is 9.59 Å². The molecule has 1 aromatic carbocycles. The van der Waals surface area contributed by atoms with Gasteiger partial charge in [0.2, 0.25) is 11.8 Å². The summed E-state index contributed by atoms with van der Waals surface area (Å²) in [7, 11) is 0. The van der Waals surface area contributed by atoms with Crippen molar-refractivity contribution in [1.29, 1.82) is 0 Å². The first kappa shape index (κ1) is 16.4. The molecule has 3 amide bonds. The number of benzene rings is 1. The number of imide groups is 1. The van der Waals surface area contributed by atoms with Crippen LogP contribution in [-0.4, -0.2) is 49.9 Å². The molecule has 24 heavy (non-hydrogen) atoms. The number of hydrogen-bond donors (Lipinski definition) is 3. The number of nitrogens with one attached hydrogen (secondary N) is 3. The normalized spacial score (nSPS) is 21.4. The zero-order valence-corrected chi connectivity index (χ0v) is 13.1. The molecule has 1 aromatic rings. The first-order chi connectivity index (χ1) is 11.5. The average molecular weight is 334 g/mol. The third-order valence-corrected chi connectivity index (χ3v) is 4.22. The molecule has 0 spiro atoms. The molecule has 2 fully saturated rings. The molecule has 2 aliphatic heterocycles. The van der Waals surface area contributed by atoms with Gasteiger partial charge in [-0.15, -0.1) is 0 Å². The highest BCUT2D eigenvalue weighted by Crippen LogP contribution is 2.19. The van der Waals surface area contributed by atoms with Crippen LogP contribution in [0.5, 0.6) is 0 Å². The van der Waals surface area contributed by atoms with Gasteiger partial charge in [0, 0.05) is 38.3 Å². The smallest absolute Gasteiger partial charge is 0.254 e. The Kier molecular flexibility index (Phi) is 4.75. The van der Waals surface area contributed by atoms with Crippen LogP contribution in [0.15, 0.2) is 18.2 Å². The molecule has 2 aliphatic rings. The van der Waals surface area contributed by atoms with Crippen molar-refractivity contribution >= 4 is 23.4 Å². The van der Waals surface area contributed by atoms with Crippen LogP contribution >= 0.6 is 0 Å². The molecule has 3 rings (SSSR count). The second kappa shape index (κ2) is 6.96. The highest BCUT2D eigenvalue weighted by Gasteiger charge is 2.28. The molecule has 0 saturated carbocycles. The van der Waals surface area contributed by atoms with Gasteiger partial charge in [-0.25, -0.2) is 4.39 Å². The standard InChI is InChI=1S/C16H19FN4O3/c17-12-9-10(21-7-5-18-6-8-21)1-2-11(12)15(23)19-13-3-4-14(22)20-16(13)24/h1-2,9,13,18H,3-8H2,(H,19,23)(H,20,22,24)/t13-/m1/s1. The highest BCUT2D eigenvalue weighted by molar-refractivity contribution is 6.03. The minimum absolute atomic E-state index is 0.112. The average Bonchev–Trinajstić information content (AvgIpc) is 2.58. The Balaban J connectivity index is 1.68. The van der Waals surface area contributed by atoms with E-state index in [9.17, 15) is 18.8 Å². The zero-order valence-electron chi connectivity index (χ0n) is 13.1. The minimum Gasteiger partial charge on any atom is -0.369 e. The second-order valence-electron chi connectivity index (χ2n) is 5.88. The maximum absolute atomic E-state index is 14.3. The first-order valence-corrected chi connectivity index (χ1v) is 7.94. The fourth-order valence-electron chi connectivity index (χ4n) is 2.88. The molecule has 1 atom stereocenters. The van der Waals surface area contributed by atoms with E-state index in [1.807, 2.05) is 4.90 Å². The van der Waals surface area contributed by atoms with Gasteiger partial charge in [-0.2, -0.15) is 0 Å². The molecule has 128 valence electrons. The molecule has 8 heteroatoms. The van der Waals surface area contributed by atoms with Gasteiger partial charge >= 0.3 is 0 Å². The Bertz CT molecular complexity index is 673. The first-order valence-electron chi connectivity index (χ1n) is 7.94. The van der Waals surface area contributed by atoms with Crippen molar-refractivity contribution in [2.45, 2.75) is 18.9 Å². The molecule has 0 bridgehead atoms. The van der Waals surface area contributed by atoms with Crippen LogP contribution < -0.4 is 20.9 Å². The molecular weight excluding hydrogens is 315 g/mol. The summed E-state index contributed by atoms with van der Waals surface area (Å²) in [5, 5.41) is 7.85. The Morgan fingerprint density at radius 3 is 2.67 bits per heavy atom. The molecule has 3 N–H and O–H groups in total. The number of piperidine rings is 1. The van der Waals surface area contributed by atoms with E-state index in [1.165, 1.54) is 12.1 Å². The summed E-state index contributed by atoms with van der Waals surface area (Å²) in [5.41, 5.74) is 0.616. The Morgan fingerprint density at radius 2 is 2.00 bits per heavy atom. The monoisotopic (exact) mass is 334 g/mol. The summed E-state index contributed by atoms with van der Waals surface area (Å²) in [4.78, 5) is 37.0. The topological polar surface area (TPSA) is 90.5 Å². The van der Waals surface area contributed by atoms with Crippen LogP contribution in [0.2, 0.25) is 0 Å². The molecule has 0 unspecified atom stereocenters. The fourth-order valence-corrected chi connectivity index (χ4v) is 2.88. The van der Waals surface area contributed by atoms with Gasteiger partial charge in [-0.05, 0) is 24.6 Å². The van der Waals surface area contributed by atoms with E-state index < -0.39 is 23.7 Å². The molecule has 0 aromatic heterocycles. The van der Waals surface area contributed by atoms with Gasteiger partial charge in [0.1, 0.15) is 11.9 Å². The fraction of sp³-hybridized carbons (Fsp3) is 0.438. The van der Waals surface area contributed by atoms with E-state index in [4.69, 9.17) is 0 Å². The predicted molar refractivity (Wildman–Crippen MR) is 85.1 cm³/mol.